The van der Waals surface area contributed by atoms with E-state index in [4.69, 9.17) is 11.6 Å². The van der Waals surface area contributed by atoms with Crippen molar-refractivity contribution in [3.63, 3.8) is 0 Å². The van der Waals surface area contributed by atoms with Gasteiger partial charge >= 0.3 is 5.97 Å². The molecular formula is C13H17ClN2O3. The first-order chi connectivity index (χ1) is 8.99. The third kappa shape index (κ3) is 4.22. The molecule has 0 radical (unpaired) electrons. The lowest BCUT2D eigenvalue weighted by molar-refractivity contribution is -0.119. The number of carbonyl (C=O) groups excluding carboxylic acids is 2. The van der Waals surface area contributed by atoms with Crippen LogP contribution in [-0.4, -0.2) is 32.6 Å². The van der Waals surface area contributed by atoms with E-state index >= 15 is 0 Å². The Hall–Kier alpha value is -1.59. The van der Waals surface area contributed by atoms with Crippen LogP contribution >= 0.6 is 11.6 Å². The van der Waals surface area contributed by atoms with Crippen molar-refractivity contribution in [3.05, 3.63) is 28.8 Å². The van der Waals surface area contributed by atoms with Gasteiger partial charge in [-0.2, -0.15) is 0 Å². The van der Waals surface area contributed by atoms with Crippen LogP contribution in [0.3, 0.4) is 0 Å². The number of carbonyl (C=O) groups is 2. The first kappa shape index (κ1) is 15.5. The standard InChI is InChI=1S/C13H17ClN2O3/c1-8(7-15-2)12(17)16-11-5-4-9(14)6-10(11)13(18)19-3/h4-6,8,15H,7H2,1-3H3,(H,16,17). The lowest BCUT2D eigenvalue weighted by atomic mass is 10.1. The molecule has 1 atom stereocenters. The number of benzene rings is 1. The van der Waals surface area contributed by atoms with Crippen molar-refractivity contribution in [1.29, 1.82) is 0 Å². The maximum atomic E-state index is 11.9. The van der Waals surface area contributed by atoms with Crippen LogP contribution in [0.4, 0.5) is 5.69 Å². The number of rotatable bonds is 5. The Labute approximate surface area is 117 Å². The molecule has 0 aliphatic rings. The van der Waals surface area contributed by atoms with Gasteiger partial charge in [0.25, 0.3) is 0 Å². The van der Waals surface area contributed by atoms with E-state index in [0.29, 0.717) is 17.3 Å². The maximum Gasteiger partial charge on any atom is 0.340 e. The van der Waals surface area contributed by atoms with Crippen molar-refractivity contribution in [1.82, 2.24) is 5.32 Å². The van der Waals surface area contributed by atoms with Gasteiger partial charge in [-0.15, -0.1) is 0 Å². The van der Waals surface area contributed by atoms with Gasteiger partial charge in [-0.1, -0.05) is 18.5 Å². The second-order valence-electron chi connectivity index (χ2n) is 4.13. The van der Waals surface area contributed by atoms with Gasteiger partial charge < -0.3 is 15.4 Å². The normalized spacial score (nSPS) is 11.8. The molecule has 0 fully saturated rings. The van der Waals surface area contributed by atoms with E-state index < -0.39 is 5.97 Å². The highest BCUT2D eigenvalue weighted by Gasteiger charge is 2.17. The zero-order valence-electron chi connectivity index (χ0n) is 11.1. The summed E-state index contributed by atoms with van der Waals surface area (Å²) in [5.74, 6) is -0.938. The highest BCUT2D eigenvalue weighted by Crippen LogP contribution is 2.22. The Kier molecular flexibility index (Phi) is 5.79. The summed E-state index contributed by atoms with van der Waals surface area (Å²) in [5, 5.41) is 6.02. The maximum absolute atomic E-state index is 11.9. The van der Waals surface area contributed by atoms with Crippen LogP contribution in [0.15, 0.2) is 18.2 Å². The summed E-state index contributed by atoms with van der Waals surface area (Å²) in [7, 11) is 3.05. The van der Waals surface area contributed by atoms with Gasteiger partial charge in [-0.25, -0.2) is 4.79 Å². The van der Waals surface area contributed by atoms with Crippen LogP contribution in [0.25, 0.3) is 0 Å². The lowest BCUT2D eigenvalue weighted by Gasteiger charge is -2.14. The second kappa shape index (κ2) is 7.11. The number of anilines is 1. The molecule has 1 aromatic rings. The van der Waals surface area contributed by atoms with Crippen LogP contribution in [0.1, 0.15) is 17.3 Å². The highest BCUT2D eigenvalue weighted by atomic mass is 35.5. The number of amides is 1. The fourth-order valence-electron chi connectivity index (χ4n) is 1.56. The minimum Gasteiger partial charge on any atom is -0.465 e. The Morgan fingerprint density at radius 3 is 2.68 bits per heavy atom. The molecule has 0 aromatic heterocycles. The topological polar surface area (TPSA) is 67.4 Å². The van der Waals surface area contributed by atoms with Gasteiger partial charge in [0.15, 0.2) is 0 Å². The zero-order chi connectivity index (χ0) is 14.4. The summed E-state index contributed by atoms with van der Waals surface area (Å²) < 4.78 is 4.66. The molecular weight excluding hydrogens is 268 g/mol. The van der Waals surface area contributed by atoms with E-state index in [1.807, 2.05) is 0 Å². The predicted octanol–water partition coefficient (Wildman–Crippen LogP) is 1.92. The number of hydrogen-bond acceptors (Lipinski definition) is 4. The quantitative estimate of drug-likeness (QED) is 0.811. The van der Waals surface area contributed by atoms with Crippen LogP contribution in [-0.2, 0) is 9.53 Å². The predicted molar refractivity (Wildman–Crippen MR) is 74.5 cm³/mol. The molecule has 0 spiro atoms. The van der Waals surface area contributed by atoms with E-state index in [9.17, 15) is 9.59 Å². The van der Waals surface area contributed by atoms with Crippen LogP contribution in [0.2, 0.25) is 5.02 Å². The summed E-state index contributed by atoms with van der Waals surface area (Å²) in [4.78, 5) is 23.5. The van der Waals surface area contributed by atoms with Crippen molar-refractivity contribution in [3.8, 4) is 0 Å². The number of halogens is 1. The van der Waals surface area contributed by atoms with Crippen molar-refractivity contribution >= 4 is 29.2 Å². The molecule has 0 heterocycles. The molecule has 0 saturated carbocycles. The van der Waals surface area contributed by atoms with E-state index in [2.05, 4.69) is 15.4 Å². The zero-order valence-corrected chi connectivity index (χ0v) is 11.9. The minimum atomic E-state index is -0.543. The van der Waals surface area contributed by atoms with Crippen molar-refractivity contribution in [2.75, 3.05) is 26.0 Å². The van der Waals surface area contributed by atoms with Gasteiger partial charge in [-0.05, 0) is 25.2 Å². The Morgan fingerprint density at radius 1 is 1.42 bits per heavy atom. The Balaban J connectivity index is 2.94. The molecule has 5 nitrogen and oxygen atoms in total. The van der Waals surface area contributed by atoms with E-state index in [-0.39, 0.29) is 17.4 Å². The Morgan fingerprint density at radius 2 is 2.11 bits per heavy atom. The first-order valence-electron chi connectivity index (χ1n) is 5.83. The second-order valence-corrected chi connectivity index (χ2v) is 4.57. The van der Waals surface area contributed by atoms with E-state index in [0.717, 1.165) is 0 Å². The van der Waals surface area contributed by atoms with Crippen molar-refractivity contribution in [2.24, 2.45) is 5.92 Å². The van der Waals surface area contributed by atoms with Crippen molar-refractivity contribution in [2.45, 2.75) is 6.92 Å². The number of methoxy groups -OCH3 is 1. The van der Waals surface area contributed by atoms with Crippen LogP contribution in [0, 0.1) is 5.92 Å². The molecule has 1 amide bonds. The molecule has 104 valence electrons. The molecule has 1 aromatic carbocycles. The first-order valence-corrected chi connectivity index (χ1v) is 6.20. The third-order valence-corrected chi connectivity index (χ3v) is 2.84. The smallest absolute Gasteiger partial charge is 0.340 e. The molecule has 0 bridgehead atoms. The molecule has 0 aliphatic heterocycles. The van der Waals surface area contributed by atoms with Gasteiger partial charge in [0.1, 0.15) is 0 Å². The SMILES string of the molecule is CNCC(C)C(=O)Nc1ccc(Cl)cc1C(=O)OC. The fourth-order valence-corrected chi connectivity index (χ4v) is 1.73. The number of nitrogens with one attached hydrogen (secondary N) is 2. The largest absolute Gasteiger partial charge is 0.465 e. The number of hydrogen-bond donors (Lipinski definition) is 2. The molecule has 2 N–H and O–H groups in total. The average Bonchev–Trinajstić information content (AvgIpc) is 2.40. The number of ether oxygens (including phenoxy) is 1. The molecule has 19 heavy (non-hydrogen) atoms. The van der Waals surface area contributed by atoms with Crippen LogP contribution in [0.5, 0.6) is 0 Å². The fraction of sp³-hybridized carbons (Fsp3) is 0.385. The molecule has 1 rings (SSSR count). The van der Waals surface area contributed by atoms with Crippen molar-refractivity contribution < 1.29 is 14.3 Å². The third-order valence-electron chi connectivity index (χ3n) is 2.60. The summed E-state index contributed by atoms with van der Waals surface area (Å²) in [6.07, 6.45) is 0. The van der Waals surface area contributed by atoms with Gasteiger partial charge in [0, 0.05) is 17.5 Å². The van der Waals surface area contributed by atoms with E-state index in [1.165, 1.54) is 13.2 Å². The summed E-state index contributed by atoms with van der Waals surface area (Å²) in [6, 6.07) is 4.65. The monoisotopic (exact) mass is 284 g/mol. The van der Waals surface area contributed by atoms with E-state index in [1.54, 1.807) is 26.1 Å². The van der Waals surface area contributed by atoms with Gasteiger partial charge in [0.2, 0.25) is 5.91 Å². The Bertz CT molecular complexity index is 477. The number of esters is 1. The summed E-state index contributed by atoms with van der Waals surface area (Å²) in [5.41, 5.74) is 0.629. The lowest BCUT2D eigenvalue weighted by Crippen LogP contribution is -2.29. The molecule has 0 aliphatic carbocycles. The molecule has 1 unspecified atom stereocenters. The summed E-state index contributed by atoms with van der Waals surface area (Å²) in [6.45, 7) is 2.34. The van der Waals surface area contributed by atoms with Gasteiger partial charge in [0.05, 0.1) is 18.4 Å². The average molecular weight is 285 g/mol. The molecule has 6 heteroatoms. The highest BCUT2D eigenvalue weighted by molar-refractivity contribution is 6.31. The van der Waals surface area contributed by atoms with Crippen LogP contribution < -0.4 is 10.6 Å². The molecule has 0 saturated heterocycles. The summed E-state index contributed by atoms with van der Waals surface area (Å²) >= 11 is 5.84. The minimum absolute atomic E-state index is 0.179. The van der Waals surface area contributed by atoms with Gasteiger partial charge in [-0.3, -0.25) is 4.79 Å².